The maximum Gasteiger partial charge on any atom is 0.259 e. The van der Waals surface area contributed by atoms with Crippen LogP contribution in [-0.4, -0.2) is 52.0 Å². The molecule has 0 saturated carbocycles. The standard InChI is InChI=1S/C27H24Cl2N4O2/c28-21-11-12-22(23(29)17-21)26-30-24(31-35-26)18-32-13-15-33(16-14-32)27(34)25(19-7-3-1-4-8-19)20-9-5-2-6-10-20/h1-12,17,25H,13-16,18H2. The van der Waals surface area contributed by atoms with Crippen LogP contribution in [-0.2, 0) is 11.3 Å². The van der Waals surface area contributed by atoms with Gasteiger partial charge in [-0.05, 0) is 29.3 Å². The summed E-state index contributed by atoms with van der Waals surface area (Å²) in [6.45, 7) is 3.28. The van der Waals surface area contributed by atoms with Crippen LogP contribution in [0.4, 0.5) is 0 Å². The fourth-order valence-corrected chi connectivity index (χ4v) is 4.86. The Morgan fingerprint density at radius 1 is 0.886 bits per heavy atom. The molecule has 0 spiro atoms. The molecule has 2 heterocycles. The zero-order chi connectivity index (χ0) is 24.2. The molecular weight excluding hydrogens is 483 g/mol. The van der Waals surface area contributed by atoms with Crippen LogP contribution in [0.3, 0.4) is 0 Å². The molecule has 0 bridgehead atoms. The zero-order valence-corrected chi connectivity index (χ0v) is 20.5. The number of piperazine rings is 1. The van der Waals surface area contributed by atoms with Crippen molar-refractivity contribution in [1.29, 1.82) is 0 Å². The Balaban J connectivity index is 1.24. The number of carbonyl (C=O) groups is 1. The van der Waals surface area contributed by atoms with E-state index in [2.05, 4.69) is 15.0 Å². The molecule has 1 aromatic heterocycles. The van der Waals surface area contributed by atoms with Crippen LogP contribution in [0.2, 0.25) is 10.0 Å². The average molecular weight is 507 g/mol. The molecule has 0 unspecified atom stereocenters. The third kappa shape index (κ3) is 5.40. The van der Waals surface area contributed by atoms with E-state index in [1.54, 1.807) is 18.2 Å². The van der Waals surface area contributed by atoms with Crippen molar-refractivity contribution < 1.29 is 9.32 Å². The Kier molecular flexibility index (Phi) is 7.13. The van der Waals surface area contributed by atoms with E-state index in [9.17, 15) is 4.79 Å². The van der Waals surface area contributed by atoms with E-state index in [1.807, 2.05) is 65.6 Å². The number of aromatic nitrogens is 2. The number of rotatable bonds is 6. The highest BCUT2D eigenvalue weighted by molar-refractivity contribution is 6.36. The van der Waals surface area contributed by atoms with Gasteiger partial charge in [-0.25, -0.2) is 0 Å². The Bertz CT molecular complexity index is 1250. The van der Waals surface area contributed by atoms with Crippen LogP contribution in [0.25, 0.3) is 11.5 Å². The fourth-order valence-electron chi connectivity index (χ4n) is 4.37. The van der Waals surface area contributed by atoms with Crippen LogP contribution in [0.5, 0.6) is 0 Å². The van der Waals surface area contributed by atoms with Gasteiger partial charge in [-0.15, -0.1) is 0 Å². The monoisotopic (exact) mass is 506 g/mol. The topological polar surface area (TPSA) is 62.5 Å². The lowest BCUT2D eigenvalue weighted by atomic mass is 9.90. The highest BCUT2D eigenvalue weighted by Gasteiger charge is 2.30. The molecule has 35 heavy (non-hydrogen) atoms. The van der Waals surface area contributed by atoms with Gasteiger partial charge in [-0.3, -0.25) is 9.69 Å². The van der Waals surface area contributed by atoms with E-state index in [0.717, 1.165) is 24.2 Å². The van der Waals surface area contributed by atoms with Gasteiger partial charge in [0, 0.05) is 31.2 Å². The molecule has 0 radical (unpaired) electrons. The van der Waals surface area contributed by atoms with Crippen LogP contribution >= 0.6 is 23.2 Å². The lowest BCUT2D eigenvalue weighted by Gasteiger charge is -2.36. The minimum Gasteiger partial charge on any atom is -0.339 e. The van der Waals surface area contributed by atoms with Gasteiger partial charge in [0.1, 0.15) is 0 Å². The molecule has 4 aromatic rings. The van der Waals surface area contributed by atoms with Crippen LogP contribution < -0.4 is 0 Å². The molecule has 0 atom stereocenters. The van der Waals surface area contributed by atoms with E-state index in [-0.39, 0.29) is 11.8 Å². The summed E-state index contributed by atoms with van der Waals surface area (Å²) in [6, 6.07) is 25.1. The normalized spacial score (nSPS) is 14.4. The highest BCUT2D eigenvalue weighted by atomic mass is 35.5. The Hall–Kier alpha value is -3.19. The molecule has 3 aromatic carbocycles. The first-order chi connectivity index (χ1) is 17.1. The van der Waals surface area contributed by atoms with Gasteiger partial charge < -0.3 is 9.42 Å². The molecule has 1 saturated heterocycles. The quantitative estimate of drug-likeness (QED) is 0.344. The van der Waals surface area contributed by atoms with Crippen molar-refractivity contribution in [2.75, 3.05) is 26.2 Å². The SMILES string of the molecule is O=C(C(c1ccccc1)c1ccccc1)N1CCN(Cc2noc(-c3ccc(Cl)cc3Cl)n2)CC1. The number of nitrogens with zero attached hydrogens (tertiary/aromatic N) is 4. The van der Waals surface area contributed by atoms with Crippen molar-refractivity contribution in [3.05, 3.63) is 106 Å². The molecule has 1 amide bonds. The molecule has 5 rings (SSSR count). The van der Waals surface area contributed by atoms with E-state index in [0.29, 0.717) is 47.0 Å². The molecule has 0 aliphatic carbocycles. The Morgan fingerprint density at radius 3 is 2.11 bits per heavy atom. The second-order valence-electron chi connectivity index (χ2n) is 8.50. The molecular formula is C27H24Cl2N4O2. The molecule has 178 valence electrons. The molecule has 1 aliphatic heterocycles. The molecule has 1 fully saturated rings. The number of hydrogen-bond donors (Lipinski definition) is 0. The second-order valence-corrected chi connectivity index (χ2v) is 9.34. The van der Waals surface area contributed by atoms with Gasteiger partial charge in [-0.2, -0.15) is 4.98 Å². The summed E-state index contributed by atoms with van der Waals surface area (Å²) >= 11 is 12.2. The number of hydrogen-bond acceptors (Lipinski definition) is 5. The maximum absolute atomic E-state index is 13.6. The summed E-state index contributed by atoms with van der Waals surface area (Å²) in [5, 5.41) is 5.12. The minimum atomic E-state index is -0.312. The summed E-state index contributed by atoms with van der Waals surface area (Å²) in [5.74, 6) is 0.760. The molecule has 1 aliphatic rings. The predicted octanol–water partition coefficient (Wildman–Crippen LogP) is 5.52. The summed E-state index contributed by atoms with van der Waals surface area (Å²) < 4.78 is 5.42. The van der Waals surface area contributed by atoms with E-state index in [1.165, 1.54) is 0 Å². The first-order valence-corrected chi connectivity index (χ1v) is 12.2. The van der Waals surface area contributed by atoms with E-state index in [4.69, 9.17) is 27.7 Å². The molecule has 6 nitrogen and oxygen atoms in total. The third-order valence-electron chi connectivity index (χ3n) is 6.19. The summed E-state index contributed by atoms with van der Waals surface area (Å²) in [6.07, 6.45) is 0. The van der Waals surface area contributed by atoms with Crippen molar-refractivity contribution in [1.82, 2.24) is 19.9 Å². The smallest absolute Gasteiger partial charge is 0.259 e. The number of carbonyl (C=O) groups excluding carboxylic acids is 1. The number of halogens is 2. The lowest BCUT2D eigenvalue weighted by Crippen LogP contribution is -2.49. The van der Waals surface area contributed by atoms with E-state index >= 15 is 0 Å². The van der Waals surface area contributed by atoms with Gasteiger partial charge in [0.05, 0.1) is 23.0 Å². The Morgan fingerprint density at radius 2 is 1.51 bits per heavy atom. The lowest BCUT2D eigenvalue weighted by molar-refractivity contribution is -0.133. The first kappa shape index (κ1) is 23.5. The molecule has 8 heteroatoms. The van der Waals surface area contributed by atoms with Crippen LogP contribution in [0, 0.1) is 0 Å². The van der Waals surface area contributed by atoms with E-state index < -0.39 is 0 Å². The van der Waals surface area contributed by atoms with Gasteiger partial charge in [-0.1, -0.05) is 89.0 Å². The number of benzene rings is 3. The van der Waals surface area contributed by atoms with Gasteiger partial charge in [0.2, 0.25) is 5.91 Å². The average Bonchev–Trinajstić information content (AvgIpc) is 3.34. The van der Waals surface area contributed by atoms with Gasteiger partial charge in [0.25, 0.3) is 5.89 Å². The van der Waals surface area contributed by atoms with Gasteiger partial charge in [0.15, 0.2) is 5.82 Å². The third-order valence-corrected chi connectivity index (χ3v) is 6.74. The summed E-state index contributed by atoms with van der Waals surface area (Å²) in [4.78, 5) is 22.3. The first-order valence-electron chi connectivity index (χ1n) is 11.5. The summed E-state index contributed by atoms with van der Waals surface area (Å²) in [5.41, 5.74) is 2.66. The minimum absolute atomic E-state index is 0.126. The van der Waals surface area contributed by atoms with Crippen molar-refractivity contribution in [2.45, 2.75) is 12.5 Å². The number of amides is 1. The second kappa shape index (κ2) is 10.6. The van der Waals surface area contributed by atoms with Crippen LogP contribution in [0.15, 0.2) is 83.4 Å². The zero-order valence-electron chi connectivity index (χ0n) is 19.0. The highest BCUT2D eigenvalue weighted by Crippen LogP contribution is 2.30. The molecule has 0 N–H and O–H groups in total. The van der Waals surface area contributed by atoms with Crippen molar-refractivity contribution in [2.24, 2.45) is 0 Å². The van der Waals surface area contributed by atoms with Crippen molar-refractivity contribution in [3.63, 3.8) is 0 Å². The largest absolute Gasteiger partial charge is 0.339 e. The Labute approximate surface area is 214 Å². The summed E-state index contributed by atoms with van der Waals surface area (Å²) in [7, 11) is 0. The predicted molar refractivity (Wildman–Crippen MR) is 136 cm³/mol. The fraction of sp³-hybridized carbons (Fsp3) is 0.222. The van der Waals surface area contributed by atoms with Gasteiger partial charge >= 0.3 is 0 Å². The van der Waals surface area contributed by atoms with Crippen LogP contribution in [0.1, 0.15) is 22.9 Å². The maximum atomic E-state index is 13.6. The van der Waals surface area contributed by atoms with Crippen molar-refractivity contribution in [3.8, 4) is 11.5 Å². The van der Waals surface area contributed by atoms with Crippen molar-refractivity contribution >= 4 is 29.1 Å².